The van der Waals surface area contributed by atoms with Crippen LogP contribution in [-0.2, 0) is 0 Å². The number of hydrogen-bond acceptors (Lipinski definition) is 0. The average Bonchev–Trinajstić information content (AvgIpc) is 1.37. The third-order valence-electron chi connectivity index (χ3n) is 0.289. The van der Waals surface area contributed by atoms with Crippen molar-refractivity contribution >= 4 is 24.4 Å². The standard InChI is InChI=1S/C3H5.In.H2O.2H/c1-3-2;;;;/h3H,1-2H2;;1H2;;. The Morgan fingerprint density at radius 3 is 2.00 bits per heavy atom. The molecule has 0 rings (SSSR count). The van der Waals surface area contributed by atoms with Gasteiger partial charge < -0.3 is 5.48 Å². The Kier molecular flexibility index (Phi) is 16.1. The molecule has 0 aliphatic carbocycles. The van der Waals surface area contributed by atoms with E-state index >= 15 is 0 Å². The summed E-state index contributed by atoms with van der Waals surface area (Å²) < 4.78 is 1.29. The molecule has 2 N–H and O–H groups in total. The molecule has 0 radical (unpaired) electrons. The predicted molar refractivity (Wildman–Crippen MR) is 27.2 cm³/mol. The summed E-state index contributed by atoms with van der Waals surface area (Å²) in [6.45, 7) is 3.53. The smallest absolute Gasteiger partial charge is 0.412 e. The van der Waals surface area contributed by atoms with E-state index in [0.717, 1.165) is 24.4 Å². The summed E-state index contributed by atoms with van der Waals surface area (Å²) in [4.78, 5) is 0. The van der Waals surface area contributed by atoms with Crippen LogP contribution in [0.25, 0.3) is 0 Å². The van der Waals surface area contributed by atoms with Gasteiger partial charge in [0.2, 0.25) is 0 Å². The zero-order valence-electron chi connectivity index (χ0n) is 3.49. The van der Waals surface area contributed by atoms with Crippen molar-refractivity contribution in [3.05, 3.63) is 12.7 Å². The van der Waals surface area contributed by atoms with Gasteiger partial charge in [-0.2, -0.15) is 0 Å². The SMILES string of the molecule is C=C[CH2][InH2].O. The summed E-state index contributed by atoms with van der Waals surface area (Å²) in [6, 6.07) is 0. The van der Waals surface area contributed by atoms with Gasteiger partial charge in [0.1, 0.15) is 0 Å². The van der Waals surface area contributed by atoms with Crippen molar-refractivity contribution in [3.8, 4) is 0 Å². The van der Waals surface area contributed by atoms with Gasteiger partial charge in [-0.1, -0.05) is 0 Å². The van der Waals surface area contributed by atoms with E-state index in [2.05, 4.69) is 6.58 Å². The summed E-state index contributed by atoms with van der Waals surface area (Å²) in [5, 5.41) is 0. The molecule has 1 nitrogen and oxygen atoms in total. The second kappa shape index (κ2) is 8.82. The zero-order chi connectivity index (χ0) is 3.41. The summed E-state index contributed by atoms with van der Waals surface area (Å²) in [7, 11) is 0. The van der Waals surface area contributed by atoms with Crippen molar-refractivity contribution < 1.29 is 5.48 Å². The second-order valence-corrected chi connectivity index (χ2v) is 3.03. The first-order chi connectivity index (χ1) is 1.91. The van der Waals surface area contributed by atoms with E-state index in [1.54, 1.807) is 0 Å². The molecule has 0 amide bonds. The summed E-state index contributed by atoms with van der Waals surface area (Å²) in [6.07, 6.45) is 1.97. The van der Waals surface area contributed by atoms with Gasteiger partial charge in [0.15, 0.2) is 0 Å². The van der Waals surface area contributed by atoms with Crippen LogP contribution in [0.4, 0.5) is 0 Å². The molecular formula is C3H9InO. The molecular weight excluding hydrogens is 167 g/mol. The molecule has 0 aromatic carbocycles. The van der Waals surface area contributed by atoms with Crippen LogP contribution in [0.15, 0.2) is 12.7 Å². The molecule has 0 aliphatic heterocycles. The monoisotopic (exact) mass is 176 g/mol. The van der Waals surface area contributed by atoms with Gasteiger partial charge in [0.05, 0.1) is 0 Å². The van der Waals surface area contributed by atoms with Crippen LogP contribution in [0.1, 0.15) is 0 Å². The first-order valence-electron chi connectivity index (χ1n) is 1.52. The van der Waals surface area contributed by atoms with E-state index in [1.165, 1.54) is 4.18 Å². The molecule has 0 aliphatic rings. The molecule has 0 unspecified atom stereocenters. The van der Waals surface area contributed by atoms with Crippen molar-refractivity contribution in [2.24, 2.45) is 0 Å². The maximum atomic E-state index is 3.53. The van der Waals surface area contributed by atoms with Crippen molar-refractivity contribution in [2.75, 3.05) is 0 Å². The van der Waals surface area contributed by atoms with Crippen molar-refractivity contribution in [3.63, 3.8) is 0 Å². The fraction of sp³-hybridized carbons (Fsp3) is 0.333. The number of rotatable bonds is 1. The van der Waals surface area contributed by atoms with E-state index in [1.807, 2.05) is 6.08 Å². The Morgan fingerprint density at radius 1 is 1.80 bits per heavy atom. The Hall–Kier alpha value is 0.570. The largest absolute Gasteiger partial charge is 0.412 e. The van der Waals surface area contributed by atoms with E-state index < -0.39 is 0 Å². The molecule has 0 heterocycles. The minimum absolute atomic E-state index is 0. The van der Waals surface area contributed by atoms with Crippen LogP contribution in [0, 0.1) is 0 Å². The Balaban J connectivity index is 0. The number of hydrogen-bond donors (Lipinski definition) is 0. The number of allylic oxidation sites excluding steroid dienone is 1. The van der Waals surface area contributed by atoms with E-state index in [9.17, 15) is 0 Å². The van der Waals surface area contributed by atoms with Gasteiger partial charge in [-0.3, -0.25) is 0 Å². The molecule has 0 aromatic rings. The molecule has 0 bridgehead atoms. The molecule has 0 spiro atoms. The van der Waals surface area contributed by atoms with Gasteiger partial charge in [-0.05, 0) is 0 Å². The first-order valence-corrected chi connectivity index (χ1v) is 5.56. The van der Waals surface area contributed by atoms with Crippen molar-refractivity contribution in [2.45, 2.75) is 4.18 Å². The summed E-state index contributed by atoms with van der Waals surface area (Å²) in [5.41, 5.74) is 0. The maximum Gasteiger partial charge on any atom is -0.412 e. The van der Waals surface area contributed by atoms with Crippen LogP contribution in [0.2, 0.25) is 4.18 Å². The van der Waals surface area contributed by atoms with Gasteiger partial charge in [0.25, 0.3) is 0 Å². The third kappa shape index (κ3) is 12.2. The minimum Gasteiger partial charge on any atom is -0.412 e. The molecule has 0 saturated heterocycles. The Bertz CT molecular complexity index is 20.9. The first kappa shape index (κ1) is 9.13. The minimum atomic E-state index is 0. The predicted octanol–water partition coefficient (Wildman–Crippen LogP) is -0.601. The molecule has 5 heavy (non-hydrogen) atoms. The van der Waals surface area contributed by atoms with Crippen molar-refractivity contribution in [1.29, 1.82) is 0 Å². The van der Waals surface area contributed by atoms with Gasteiger partial charge in [-0.15, -0.1) is 0 Å². The fourth-order valence-corrected chi connectivity index (χ4v) is 0. The Labute approximate surface area is 47.0 Å². The van der Waals surface area contributed by atoms with Crippen LogP contribution < -0.4 is 0 Å². The average molecular weight is 176 g/mol. The van der Waals surface area contributed by atoms with Crippen LogP contribution in [0.3, 0.4) is 0 Å². The van der Waals surface area contributed by atoms with Crippen LogP contribution in [0.5, 0.6) is 0 Å². The molecule has 0 atom stereocenters. The normalized spacial score (nSPS) is 4.80. The molecule has 0 saturated carbocycles. The van der Waals surface area contributed by atoms with E-state index in [0.29, 0.717) is 0 Å². The van der Waals surface area contributed by atoms with E-state index in [-0.39, 0.29) is 5.48 Å². The second-order valence-electron chi connectivity index (χ2n) is 0.697. The topological polar surface area (TPSA) is 31.5 Å². The van der Waals surface area contributed by atoms with Gasteiger partial charge in [0, 0.05) is 0 Å². The maximum absolute atomic E-state index is 3.53. The summed E-state index contributed by atoms with van der Waals surface area (Å²) >= 11 is 0.867. The van der Waals surface area contributed by atoms with Gasteiger partial charge in [-0.25, -0.2) is 0 Å². The fourth-order valence-electron chi connectivity index (χ4n) is 0. The van der Waals surface area contributed by atoms with E-state index in [4.69, 9.17) is 0 Å². The van der Waals surface area contributed by atoms with Crippen LogP contribution in [-0.4, -0.2) is 29.9 Å². The molecule has 0 aromatic heterocycles. The zero-order valence-corrected chi connectivity index (χ0v) is 9.20. The van der Waals surface area contributed by atoms with Crippen LogP contribution >= 0.6 is 0 Å². The van der Waals surface area contributed by atoms with Crippen molar-refractivity contribution in [1.82, 2.24) is 0 Å². The Morgan fingerprint density at radius 2 is 2.00 bits per heavy atom. The molecule has 30 valence electrons. The third-order valence-corrected chi connectivity index (χ3v) is 1.94. The van der Waals surface area contributed by atoms with Gasteiger partial charge >= 0.3 is 41.2 Å². The molecule has 2 heteroatoms. The molecule has 0 fully saturated rings. The summed E-state index contributed by atoms with van der Waals surface area (Å²) in [5.74, 6) is 0. The quantitative estimate of drug-likeness (QED) is 0.477.